The maximum atomic E-state index is 12.6. The van der Waals surface area contributed by atoms with Gasteiger partial charge in [0.1, 0.15) is 11.6 Å². The molecule has 1 heterocycles. The van der Waals surface area contributed by atoms with Crippen LogP contribution in [0.4, 0.5) is 0 Å². The van der Waals surface area contributed by atoms with E-state index in [2.05, 4.69) is 10.3 Å². The number of benzene rings is 2. The van der Waals surface area contributed by atoms with Crippen molar-refractivity contribution in [1.82, 2.24) is 15.3 Å². The predicted molar refractivity (Wildman–Crippen MR) is 115 cm³/mol. The summed E-state index contributed by atoms with van der Waals surface area (Å²) in [6.07, 6.45) is 3.15. The summed E-state index contributed by atoms with van der Waals surface area (Å²) >= 11 is 0. The Hall–Kier alpha value is -3.41. The lowest BCUT2D eigenvalue weighted by atomic mass is 10.00. The zero-order valence-electron chi connectivity index (χ0n) is 16.8. The second-order valence-electron chi connectivity index (χ2n) is 7.55. The molecule has 1 aromatic heterocycles. The second-order valence-corrected chi connectivity index (χ2v) is 7.55. The molecule has 4 rings (SSSR count). The van der Waals surface area contributed by atoms with Gasteiger partial charge in [0.25, 0.3) is 11.5 Å². The Balaban J connectivity index is 1.33. The number of para-hydroxylation sites is 1. The number of aromatic amines is 1. The van der Waals surface area contributed by atoms with Crippen molar-refractivity contribution in [3.05, 3.63) is 82.3 Å². The van der Waals surface area contributed by atoms with Gasteiger partial charge in [-0.1, -0.05) is 48.5 Å². The topological polar surface area (TPSA) is 84.1 Å². The zero-order chi connectivity index (χ0) is 20.8. The molecule has 0 aliphatic heterocycles. The van der Waals surface area contributed by atoms with Crippen molar-refractivity contribution in [3.63, 3.8) is 0 Å². The summed E-state index contributed by atoms with van der Waals surface area (Å²) in [5, 5.41) is 2.96. The smallest absolute Gasteiger partial charge is 0.257 e. The molecule has 6 nitrogen and oxygen atoms in total. The summed E-state index contributed by atoms with van der Waals surface area (Å²) < 4.78 is 5.49. The molecule has 2 N–H and O–H groups in total. The fraction of sp³-hybridized carbons (Fsp3) is 0.292. The Labute approximate surface area is 175 Å². The van der Waals surface area contributed by atoms with E-state index in [1.807, 2.05) is 60.7 Å². The minimum atomic E-state index is -0.136. The molecule has 3 aromatic rings. The van der Waals surface area contributed by atoms with Crippen LogP contribution in [-0.2, 0) is 17.6 Å². The lowest BCUT2D eigenvalue weighted by Gasteiger charge is -2.15. The zero-order valence-corrected chi connectivity index (χ0v) is 16.8. The fourth-order valence-corrected chi connectivity index (χ4v) is 3.75. The summed E-state index contributed by atoms with van der Waals surface area (Å²) in [4.78, 5) is 32.4. The third kappa shape index (κ3) is 4.95. The van der Waals surface area contributed by atoms with Crippen LogP contribution >= 0.6 is 0 Å². The number of rotatable bonds is 6. The van der Waals surface area contributed by atoms with Crippen molar-refractivity contribution >= 4 is 5.91 Å². The Morgan fingerprint density at radius 2 is 1.73 bits per heavy atom. The molecule has 1 amide bonds. The van der Waals surface area contributed by atoms with Gasteiger partial charge in [0, 0.05) is 17.7 Å². The maximum absolute atomic E-state index is 12.6. The number of nitrogens with zero attached hydrogens (tertiary/aromatic N) is 1. The monoisotopic (exact) mass is 403 g/mol. The first kappa shape index (κ1) is 19.9. The van der Waals surface area contributed by atoms with Crippen LogP contribution in [0, 0.1) is 5.92 Å². The van der Waals surface area contributed by atoms with Crippen LogP contribution in [0.5, 0.6) is 5.75 Å². The third-order valence-electron chi connectivity index (χ3n) is 5.44. The minimum absolute atomic E-state index is 0.00137. The standard InChI is InChI=1S/C24H25N3O3/c28-22(16-30-19-9-5-2-6-10-19)25-15-17-11-13-20-21(14-12-17)26-23(27-24(20)29)18-7-3-1-4-8-18/h1-10,17H,11-16H2,(H,25,28)(H,26,27,29). The molecule has 0 spiro atoms. The van der Waals surface area contributed by atoms with Crippen molar-refractivity contribution in [2.75, 3.05) is 13.2 Å². The highest BCUT2D eigenvalue weighted by Crippen LogP contribution is 2.23. The number of H-pyrrole nitrogens is 1. The number of aromatic nitrogens is 2. The number of carbonyl (C=O) groups is 1. The van der Waals surface area contributed by atoms with E-state index in [1.54, 1.807) is 0 Å². The molecule has 0 saturated heterocycles. The van der Waals surface area contributed by atoms with Crippen molar-refractivity contribution in [1.29, 1.82) is 0 Å². The number of nitrogens with one attached hydrogen (secondary N) is 2. The van der Waals surface area contributed by atoms with Crippen molar-refractivity contribution < 1.29 is 9.53 Å². The molecule has 154 valence electrons. The summed E-state index contributed by atoms with van der Waals surface area (Å²) in [5.41, 5.74) is 2.50. The first-order valence-electron chi connectivity index (χ1n) is 10.3. The first-order chi connectivity index (χ1) is 14.7. The Morgan fingerprint density at radius 3 is 2.50 bits per heavy atom. The highest BCUT2D eigenvalue weighted by Gasteiger charge is 2.21. The number of hydrogen-bond acceptors (Lipinski definition) is 4. The molecule has 1 aliphatic carbocycles. The highest BCUT2D eigenvalue weighted by atomic mass is 16.5. The minimum Gasteiger partial charge on any atom is -0.484 e. The summed E-state index contributed by atoms with van der Waals surface area (Å²) in [6, 6.07) is 19.0. The van der Waals surface area contributed by atoms with E-state index in [-0.39, 0.29) is 18.1 Å². The van der Waals surface area contributed by atoms with Crippen LogP contribution in [0.2, 0.25) is 0 Å². The van der Waals surface area contributed by atoms with E-state index in [0.29, 0.717) is 30.5 Å². The third-order valence-corrected chi connectivity index (χ3v) is 5.44. The van der Waals surface area contributed by atoms with Gasteiger partial charge in [-0.05, 0) is 43.7 Å². The van der Waals surface area contributed by atoms with E-state index in [1.165, 1.54) is 0 Å². The van der Waals surface area contributed by atoms with Crippen LogP contribution in [0.15, 0.2) is 65.5 Å². The molecular formula is C24H25N3O3. The number of aryl methyl sites for hydroxylation is 1. The van der Waals surface area contributed by atoms with Crippen LogP contribution in [0.25, 0.3) is 11.4 Å². The van der Waals surface area contributed by atoms with Gasteiger partial charge in [-0.25, -0.2) is 4.98 Å². The van der Waals surface area contributed by atoms with Gasteiger partial charge >= 0.3 is 0 Å². The molecule has 0 bridgehead atoms. The van der Waals surface area contributed by atoms with Gasteiger partial charge in [0.15, 0.2) is 6.61 Å². The normalized spacial score (nSPS) is 15.7. The van der Waals surface area contributed by atoms with Crippen molar-refractivity contribution in [2.24, 2.45) is 5.92 Å². The van der Waals surface area contributed by atoms with Crippen molar-refractivity contribution in [2.45, 2.75) is 25.7 Å². The van der Waals surface area contributed by atoms with Gasteiger partial charge in [0.05, 0.1) is 5.69 Å². The van der Waals surface area contributed by atoms with Crippen LogP contribution in [-0.4, -0.2) is 29.0 Å². The first-order valence-corrected chi connectivity index (χ1v) is 10.3. The SMILES string of the molecule is O=C(COc1ccccc1)NCC1CCc2nc(-c3ccccc3)[nH]c(=O)c2CC1. The van der Waals surface area contributed by atoms with Gasteiger partial charge in [-0.15, -0.1) is 0 Å². The molecule has 1 aliphatic rings. The summed E-state index contributed by atoms with van der Waals surface area (Å²) in [6.45, 7) is 0.576. The fourth-order valence-electron chi connectivity index (χ4n) is 3.75. The Bertz CT molecular complexity index is 1050. The molecule has 6 heteroatoms. The number of ether oxygens (including phenoxy) is 1. The summed E-state index contributed by atoms with van der Waals surface area (Å²) in [7, 11) is 0. The molecular weight excluding hydrogens is 378 g/mol. The quantitative estimate of drug-likeness (QED) is 0.620. The van der Waals surface area contributed by atoms with Gasteiger partial charge in [-0.3, -0.25) is 9.59 Å². The van der Waals surface area contributed by atoms with Crippen LogP contribution in [0.3, 0.4) is 0 Å². The largest absolute Gasteiger partial charge is 0.484 e. The van der Waals surface area contributed by atoms with E-state index >= 15 is 0 Å². The lowest BCUT2D eigenvalue weighted by Crippen LogP contribution is -2.33. The van der Waals surface area contributed by atoms with Gasteiger partial charge < -0.3 is 15.0 Å². The second kappa shape index (κ2) is 9.39. The predicted octanol–water partition coefficient (Wildman–Crippen LogP) is 3.13. The molecule has 0 fully saturated rings. The van der Waals surface area contributed by atoms with Crippen LogP contribution in [0.1, 0.15) is 24.1 Å². The van der Waals surface area contributed by atoms with Gasteiger partial charge in [-0.2, -0.15) is 0 Å². The number of amides is 1. The number of hydrogen-bond donors (Lipinski definition) is 2. The summed E-state index contributed by atoms with van der Waals surface area (Å²) in [5.74, 6) is 1.46. The number of carbonyl (C=O) groups excluding carboxylic acids is 1. The van der Waals surface area contributed by atoms with E-state index in [0.717, 1.165) is 36.1 Å². The van der Waals surface area contributed by atoms with Crippen molar-refractivity contribution in [3.8, 4) is 17.1 Å². The molecule has 30 heavy (non-hydrogen) atoms. The Kier molecular flexibility index (Phi) is 6.23. The molecule has 1 atom stereocenters. The average Bonchev–Trinajstić information content (AvgIpc) is 3.00. The molecule has 2 aromatic carbocycles. The maximum Gasteiger partial charge on any atom is 0.257 e. The molecule has 1 unspecified atom stereocenters. The Morgan fingerprint density at radius 1 is 1.03 bits per heavy atom. The highest BCUT2D eigenvalue weighted by molar-refractivity contribution is 5.77. The van der Waals surface area contributed by atoms with E-state index in [9.17, 15) is 9.59 Å². The van der Waals surface area contributed by atoms with Crippen LogP contribution < -0.4 is 15.6 Å². The van der Waals surface area contributed by atoms with Gasteiger partial charge in [0.2, 0.25) is 0 Å². The van der Waals surface area contributed by atoms with E-state index in [4.69, 9.17) is 9.72 Å². The number of fused-ring (bicyclic) bond motifs is 1. The molecule has 0 radical (unpaired) electrons. The lowest BCUT2D eigenvalue weighted by molar-refractivity contribution is -0.123. The van der Waals surface area contributed by atoms with E-state index < -0.39 is 0 Å². The molecule has 0 saturated carbocycles. The average molecular weight is 403 g/mol.